The molecular formula is C18H19F3N4O6. The van der Waals surface area contributed by atoms with Crippen LogP contribution >= 0.6 is 0 Å². The summed E-state index contributed by atoms with van der Waals surface area (Å²) in [6.45, 7) is 0.838. The van der Waals surface area contributed by atoms with Crippen LogP contribution in [0.1, 0.15) is 19.4 Å². The second-order valence-corrected chi connectivity index (χ2v) is 6.86. The van der Waals surface area contributed by atoms with E-state index in [-0.39, 0.29) is 24.3 Å². The zero-order valence-electron chi connectivity index (χ0n) is 16.1. The Hall–Kier alpha value is -3.03. The Morgan fingerprint density at radius 2 is 1.90 bits per heavy atom. The lowest BCUT2D eigenvalue weighted by molar-refractivity contribution is -0.207. The van der Waals surface area contributed by atoms with Crippen molar-refractivity contribution >= 4 is 12.2 Å². The molecule has 0 unspecified atom stereocenters. The van der Waals surface area contributed by atoms with Crippen LogP contribution in [0.2, 0.25) is 0 Å². The van der Waals surface area contributed by atoms with E-state index in [4.69, 9.17) is 14.7 Å². The van der Waals surface area contributed by atoms with Gasteiger partial charge in [-0.05, 0) is 12.1 Å². The molecule has 0 bridgehead atoms. The normalized spacial score (nSPS) is 26.3. The third kappa shape index (κ3) is 4.84. The zero-order valence-corrected chi connectivity index (χ0v) is 16.1. The molecule has 3 N–H and O–H groups in total. The number of hydrogen-bond acceptors (Lipinski definition) is 9. The number of aromatic nitrogens is 3. The number of rotatable bonds is 6. The molecule has 1 aliphatic rings. The SMILES string of the molecule is CC(=O)OC[C@H]1O[C@H](CC=NO)[C@H](O)[C@@H](n2cc(-c3cc(F)c(F)c(F)c3)nn2)[C@H]1O. The van der Waals surface area contributed by atoms with Crippen LogP contribution in [0.5, 0.6) is 0 Å². The fourth-order valence-electron chi connectivity index (χ4n) is 3.28. The van der Waals surface area contributed by atoms with Crippen LogP contribution in [0.3, 0.4) is 0 Å². The lowest BCUT2D eigenvalue weighted by atomic mass is 9.91. The van der Waals surface area contributed by atoms with Crippen LogP contribution in [-0.4, -0.2) is 73.6 Å². The number of esters is 1. The molecule has 10 nitrogen and oxygen atoms in total. The Balaban J connectivity index is 1.92. The minimum absolute atomic E-state index is 0.0475. The lowest BCUT2D eigenvalue weighted by Crippen LogP contribution is -2.56. The summed E-state index contributed by atoms with van der Waals surface area (Å²) < 4.78 is 51.8. The predicted octanol–water partition coefficient (Wildman–Crippen LogP) is 0.806. The molecule has 1 aromatic heterocycles. The molecule has 0 saturated carbocycles. The molecule has 0 aliphatic carbocycles. The molecular weight excluding hydrogens is 425 g/mol. The van der Waals surface area contributed by atoms with Gasteiger partial charge in [0, 0.05) is 25.1 Å². The molecule has 168 valence electrons. The summed E-state index contributed by atoms with van der Waals surface area (Å²) in [5, 5.41) is 40.5. The number of halogens is 3. The highest BCUT2D eigenvalue weighted by Crippen LogP contribution is 2.32. The van der Waals surface area contributed by atoms with E-state index >= 15 is 0 Å². The Kier molecular flexibility index (Phi) is 6.87. The maximum absolute atomic E-state index is 13.5. The van der Waals surface area contributed by atoms with Gasteiger partial charge in [0.15, 0.2) is 17.5 Å². The lowest BCUT2D eigenvalue weighted by Gasteiger charge is -2.42. The first-order valence-corrected chi connectivity index (χ1v) is 9.10. The average molecular weight is 444 g/mol. The monoisotopic (exact) mass is 444 g/mol. The fourth-order valence-corrected chi connectivity index (χ4v) is 3.28. The molecule has 1 fully saturated rings. The van der Waals surface area contributed by atoms with Gasteiger partial charge in [-0.15, -0.1) is 10.3 Å². The minimum Gasteiger partial charge on any atom is -0.463 e. The van der Waals surface area contributed by atoms with Crippen LogP contribution < -0.4 is 0 Å². The van der Waals surface area contributed by atoms with Gasteiger partial charge in [0.2, 0.25) is 0 Å². The first kappa shape index (κ1) is 22.7. The van der Waals surface area contributed by atoms with Crippen LogP contribution in [0.25, 0.3) is 11.3 Å². The maximum Gasteiger partial charge on any atom is 0.302 e. The van der Waals surface area contributed by atoms with Crippen molar-refractivity contribution in [2.24, 2.45) is 5.16 Å². The Morgan fingerprint density at radius 3 is 2.52 bits per heavy atom. The van der Waals surface area contributed by atoms with Gasteiger partial charge in [-0.2, -0.15) is 0 Å². The number of benzene rings is 1. The third-order valence-corrected chi connectivity index (χ3v) is 4.78. The molecule has 13 heteroatoms. The number of aliphatic hydroxyl groups excluding tert-OH is 2. The van der Waals surface area contributed by atoms with Crippen LogP contribution in [0, 0.1) is 17.5 Å². The highest BCUT2D eigenvalue weighted by atomic mass is 19.2. The first-order chi connectivity index (χ1) is 14.7. The van der Waals surface area contributed by atoms with E-state index in [2.05, 4.69) is 15.5 Å². The van der Waals surface area contributed by atoms with Gasteiger partial charge >= 0.3 is 5.97 Å². The van der Waals surface area contributed by atoms with Gasteiger partial charge < -0.3 is 24.9 Å². The number of aliphatic hydroxyl groups is 2. The van der Waals surface area contributed by atoms with Gasteiger partial charge in [0.05, 0.1) is 12.3 Å². The molecule has 0 amide bonds. The Labute approximate surface area is 173 Å². The highest BCUT2D eigenvalue weighted by molar-refractivity contribution is 5.65. The van der Waals surface area contributed by atoms with Gasteiger partial charge in [0.25, 0.3) is 0 Å². The van der Waals surface area contributed by atoms with Crippen LogP contribution in [0.15, 0.2) is 23.5 Å². The molecule has 5 atom stereocenters. The first-order valence-electron chi connectivity index (χ1n) is 9.10. The fraction of sp³-hybridized carbons (Fsp3) is 0.444. The number of carbonyl (C=O) groups excluding carboxylic acids is 1. The topological polar surface area (TPSA) is 139 Å². The highest BCUT2D eigenvalue weighted by Gasteiger charge is 2.46. The van der Waals surface area contributed by atoms with E-state index in [1.165, 1.54) is 13.1 Å². The number of ether oxygens (including phenoxy) is 2. The molecule has 0 spiro atoms. The van der Waals surface area contributed by atoms with Gasteiger partial charge in [0.1, 0.15) is 36.7 Å². The predicted molar refractivity (Wildman–Crippen MR) is 96.6 cm³/mol. The molecule has 1 saturated heterocycles. The van der Waals surface area contributed by atoms with E-state index < -0.39 is 53.9 Å². The molecule has 1 aromatic carbocycles. The van der Waals surface area contributed by atoms with Crippen molar-refractivity contribution in [3.63, 3.8) is 0 Å². The quantitative estimate of drug-likeness (QED) is 0.196. The summed E-state index contributed by atoms with van der Waals surface area (Å²) in [7, 11) is 0. The van der Waals surface area contributed by atoms with Crippen molar-refractivity contribution < 1.29 is 42.9 Å². The molecule has 2 heterocycles. The van der Waals surface area contributed by atoms with Crippen molar-refractivity contribution in [3.05, 3.63) is 35.8 Å². The summed E-state index contributed by atoms with van der Waals surface area (Å²) >= 11 is 0. The van der Waals surface area contributed by atoms with Gasteiger partial charge in [-0.1, -0.05) is 5.21 Å². The number of oxime groups is 1. The van der Waals surface area contributed by atoms with E-state index in [1.54, 1.807) is 0 Å². The summed E-state index contributed by atoms with van der Waals surface area (Å²) in [5.74, 6) is -5.08. The van der Waals surface area contributed by atoms with Crippen LogP contribution in [0.4, 0.5) is 13.2 Å². The van der Waals surface area contributed by atoms with E-state index in [9.17, 15) is 28.2 Å². The smallest absolute Gasteiger partial charge is 0.302 e. The standard InChI is InChI=1S/C18H19F3N4O6/c1-8(26)30-7-14-18(28)16(17(27)13(31-14)2-3-22-29)25-6-12(23-24-25)9-4-10(19)15(21)11(20)5-9/h3-6,13-14,16-18,27-29H,2,7H2,1H3/t13-,14-,16-,17+,18+/m1/s1. The molecule has 2 aromatic rings. The zero-order chi connectivity index (χ0) is 22.7. The van der Waals surface area contributed by atoms with Crippen molar-refractivity contribution in [2.75, 3.05) is 6.61 Å². The second-order valence-electron chi connectivity index (χ2n) is 6.86. The molecule has 1 aliphatic heterocycles. The Bertz CT molecular complexity index is 949. The number of carbonyl (C=O) groups is 1. The summed E-state index contributed by atoms with van der Waals surface area (Å²) in [6, 6.07) is 0.295. The van der Waals surface area contributed by atoms with Crippen molar-refractivity contribution in [1.29, 1.82) is 0 Å². The van der Waals surface area contributed by atoms with E-state index in [1.807, 2.05) is 0 Å². The van der Waals surface area contributed by atoms with Gasteiger partial charge in [-0.3, -0.25) is 4.79 Å². The molecule has 3 rings (SSSR count). The minimum atomic E-state index is -1.63. The number of nitrogens with zero attached hydrogens (tertiary/aromatic N) is 4. The maximum atomic E-state index is 13.5. The van der Waals surface area contributed by atoms with E-state index in [0.717, 1.165) is 23.0 Å². The second kappa shape index (κ2) is 9.41. The van der Waals surface area contributed by atoms with E-state index in [0.29, 0.717) is 0 Å². The summed E-state index contributed by atoms with van der Waals surface area (Å²) in [5.41, 5.74) is -0.159. The largest absolute Gasteiger partial charge is 0.463 e. The Morgan fingerprint density at radius 1 is 1.26 bits per heavy atom. The van der Waals surface area contributed by atoms with Crippen molar-refractivity contribution in [2.45, 2.75) is 43.8 Å². The number of hydrogen-bond donors (Lipinski definition) is 3. The van der Waals surface area contributed by atoms with Crippen LogP contribution in [-0.2, 0) is 14.3 Å². The summed E-state index contributed by atoms with van der Waals surface area (Å²) in [4.78, 5) is 11.1. The van der Waals surface area contributed by atoms with Crippen molar-refractivity contribution in [1.82, 2.24) is 15.0 Å². The molecule has 0 radical (unpaired) electrons. The molecule has 31 heavy (non-hydrogen) atoms. The van der Waals surface area contributed by atoms with Crippen molar-refractivity contribution in [3.8, 4) is 11.3 Å². The van der Waals surface area contributed by atoms with Gasteiger partial charge in [-0.25, -0.2) is 17.9 Å². The summed E-state index contributed by atoms with van der Waals surface area (Å²) in [6.07, 6.45) is -2.61. The average Bonchev–Trinajstić information content (AvgIpc) is 3.20. The third-order valence-electron chi connectivity index (χ3n) is 4.78.